The third-order valence-corrected chi connectivity index (χ3v) is 10.7. The molecule has 0 aromatic rings. The number of aliphatic hydroxyl groups excluding tert-OH is 11. The van der Waals surface area contributed by atoms with Crippen LogP contribution < -0.4 is 5.32 Å². The minimum absolute atomic E-state index is 0.230. The summed E-state index contributed by atoms with van der Waals surface area (Å²) in [5.41, 5.74) is 0. The van der Waals surface area contributed by atoms with Crippen molar-refractivity contribution in [1.82, 2.24) is 5.32 Å². The summed E-state index contributed by atoms with van der Waals surface area (Å²) in [6.07, 6.45) is -8.29. The smallest absolute Gasteiger partial charge is 0.220 e. The van der Waals surface area contributed by atoms with Gasteiger partial charge in [-0.1, -0.05) is 76.7 Å². The first kappa shape index (κ1) is 51.6. The van der Waals surface area contributed by atoms with Crippen molar-refractivity contribution in [1.29, 1.82) is 0 Å². The van der Waals surface area contributed by atoms with Gasteiger partial charge in [0, 0.05) is 6.42 Å². The van der Waals surface area contributed by atoms with Crippen molar-refractivity contribution in [3.8, 4) is 0 Å². The molecule has 3 aliphatic heterocycles. The van der Waals surface area contributed by atoms with Gasteiger partial charge < -0.3 is 89.9 Å². The van der Waals surface area contributed by atoms with E-state index >= 15 is 0 Å². The predicted molar refractivity (Wildman–Crippen MR) is 208 cm³/mol. The summed E-state index contributed by atoms with van der Waals surface area (Å²) in [6, 6.07) is -0.967. The van der Waals surface area contributed by atoms with Crippen molar-refractivity contribution >= 4 is 5.91 Å². The van der Waals surface area contributed by atoms with Crippen molar-refractivity contribution in [2.75, 3.05) is 26.4 Å². The Hall–Kier alpha value is -1.73. The van der Waals surface area contributed by atoms with Gasteiger partial charge >= 0.3 is 0 Å². The molecule has 0 aliphatic carbocycles. The first-order valence-corrected chi connectivity index (χ1v) is 21.1. The average Bonchev–Trinajstić information content (AvgIpc) is 3.23. The monoisotopic (exact) mass is 853 g/mol. The Bertz CT molecular complexity index is 1210. The van der Waals surface area contributed by atoms with Gasteiger partial charge in [0.15, 0.2) is 18.9 Å². The zero-order chi connectivity index (χ0) is 43.5. The molecule has 3 saturated heterocycles. The van der Waals surface area contributed by atoms with E-state index in [2.05, 4.69) is 24.4 Å². The zero-order valence-corrected chi connectivity index (χ0v) is 34.2. The van der Waals surface area contributed by atoms with Crippen LogP contribution in [0.2, 0.25) is 0 Å². The maximum Gasteiger partial charge on any atom is 0.220 e. The van der Waals surface area contributed by atoms with Crippen LogP contribution in [-0.4, -0.2) is 193 Å². The molecule has 17 unspecified atom stereocenters. The fraction of sp³-hybridized carbons (Fsp3) is 0.875. The number of ether oxygens (including phenoxy) is 6. The van der Waals surface area contributed by atoms with Gasteiger partial charge in [0.05, 0.1) is 38.6 Å². The zero-order valence-electron chi connectivity index (χ0n) is 34.2. The molecule has 3 fully saturated rings. The maximum atomic E-state index is 12.9. The summed E-state index contributed by atoms with van der Waals surface area (Å²) in [4.78, 5) is 12.9. The number of rotatable bonds is 26. The molecule has 19 heteroatoms. The number of carbonyl (C=O) groups is 1. The van der Waals surface area contributed by atoms with Crippen LogP contribution in [0.3, 0.4) is 0 Å². The number of hydrogen-bond donors (Lipinski definition) is 12. The number of hydrogen-bond acceptors (Lipinski definition) is 18. The number of nitrogens with one attached hydrogen (secondary N) is 1. The van der Waals surface area contributed by atoms with Crippen LogP contribution in [0.15, 0.2) is 24.3 Å². The highest BCUT2D eigenvalue weighted by atomic mass is 16.8. The maximum absolute atomic E-state index is 12.9. The highest BCUT2D eigenvalue weighted by Crippen LogP contribution is 2.32. The summed E-state index contributed by atoms with van der Waals surface area (Å²) in [5.74, 6) is -0.302. The highest BCUT2D eigenvalue weighted by molar-refractivity contribution is 5.76. The predicted octanol–water partition coefficient (Wildman–Crippen LogP) is -1.87. The van der Waals surface area contributed by atoms with Gasteiger partial charge in [-0.3, -0.25) is 4.79 Å². The second-order valence-corrected chi connectivity index (χ2v) is 15.4. The number of amides is 1. The van der Waals surface area contributed by atoms with Crippen molar-refractivity contribution in [2.45, 2.75) is 195 Å². The Morgan fingerprint density at radius 3 is 1.69 bits per heavy atom. The highest BCUT2D eigenvalue weighted by Gasteiger charge is 2.53. The molecule has 3 heterocycles. The molecule has 0 spiro atoms. The molecule has 17 atom stereocenters. The second-order valence-electron chi connectivity index (χ2n) is 15.4. The first-order chi connectivity index (χ1) is 28.3. The van der Waals surface area contributed by atoms with E-state index in [1.54, 1.807) is 12.2 Å². The van der Waals surface area contributed by atoms with Crippen molar-refractivity contribution in [3.05, 3.63) is 24.3 Å². The minimum atomic E-state index is -1.97. The molecule has 0 bridgehead atoms. The van der Waals surface area contributed by atoms with E-state index in [9.17, 15) is 61.0 Å². The van der Waals surface area contributed by atoms with Crippen LogP contribution in [0.1, 0.15) is 90.9 Å². The summed E-state index contributed by atoms with van der Waals surface area (Å²) >= 11 is 0. The normalized spacial score (nSPS) is 36.6. The van der Waals surface area contributed by atoms with Crippen molar-refractivity contribution < 1.29 is 89.4 Å². The fourth-order valence-corrected chi connectivity index (χ4v) is 7.06. The molecule has 1 amide bonds. The Kier molecular flexibility index (Phi) is 23.9. The van der Waals surface area contributed by atoms with Crippen LogP contribution in [0, 0.1) is 0 Å². The molecule has 3 aliphatic rings. The molecule has 0 saturated carbocycles. The summed E-state index contributed by atoms with van der Waals surface area (Å²) < 4.78 is 33.8. The third-order valence-electron chi connectivity index (χ3n) is 10.7. The number of aliphatic hydroxyl groups is 11. The lowest BCUT2D eigenvalue weighted by Crippen LogP contribution is -2.66. The van der Waals surface area contributed by atoms with E-state index in [0.29, 0.717) is 12.8 Å². The molecule has 59 heavy (non-hydrogen) atoms. The van der Waals surface area contributed by atoms with E-state index in [0.717, 1.165) is 57.8 Å². The van der Waals surface area contributed by atoms with Gasteiger partial charge in [0.2, 0.25) is 5.91 Å². The van der Waals surface area contributed by atoms with Crippen LogP contribution >= 0.6 is 0 Å². The molecule has 0 aromatic carbocycles. The fourth-order valence-electron chi connectivity index (χ4n) is 7.06. The molecule has 344 valence electrons. The quantitative estimate of drug-likeness (QED) is 0.0335. The Balaban J connectivity index is 1.59. The lowest BCUT2D eigenvalue weighted by Gasteiger charge is -2.48. The van der Waals surface area contributed by atoms with Crippen LogP contribution in [0.4, 0.5) is 0 Å². The standard InChI is InChI=1S/C40H71NO18/c1-3-5-7-9-10-11-12-13-14-16-18-28(46)41-23(24(45)17-15-8-6-4-2)22-54-38-34(52)31(49)36(26(20-43)56-38)59-40-35(53)32(50)37(27(21-44)57-40)58-39-33(51)30(48)29(47)25(19-42)55-39/h7,9,15,17,23-27,29-40,42-45,47-53H,3-6,8,10-14,16,18-22H2,1-2H3,(H,41,46)/b9-7-,17-15+. The molecular formula is C40H71NO18. The Labute approximate surface area is 346 Å². The molecule has 12 N–H and O–H groups in total. The van der Waals surface area contributed by atoms with Gasteiger partial charge in [0.25, 0.3) is 0 Å². The molecule has 19 nitrogen and oxygen atoms in total. The molecule has 3 rings (SSSR count). The lowest BCUT2D eigenvalue weighted by molar-refractivity contribution is -0.379. The summed E-state index contributed by atoms with van der Waals surface area (Å²) in [5, 5.41) is 118. The van der Waals surface area contributed by atoms with Gasteiger partial charge in [-0.2, -0.15) is 0 Å². The first-order valence-electron chi connectivity index (χ1n) is 21.1. The van der Waals surface area contributed by atoms with E-state index in [1.807, 2.05) is 6.92 Å². The number of carbonyl (C=O) groups excluding carboxylic acids is 1. The second kappa shape index (κ2) is 27.4. The van der Waals surface area contributed by atoms with Gasteiger partial charge in [-0.15, -0.1) is 0 Å². The van der Waals surface area contributed by atoms with Crippen molar-refractivity contribution in [3.63, 3.8) is 0 Å². The molecule has 0 aromatic heterocycles. The largest absolute Gasteiger partial charge is 0.394 e. The van der Waals surface area contributed by atoms with E-state index in [-0.39, 0.29) is 18.9 Å². The van der Waals surface area contributed by atoms with Gasteiger partial charge in [-0.05, 0) is 32.1 Å². The van der Waals surface area contributed by atoms with Crippen LogP contribution in [-0.2, 0) is 33.2 Å². The van der Waals surface area contributed by atoms with Gasteiger partial charge in [0.1, 0.15) is 73.2 Å². The van der Waals surface area contributed by atoms with Crippen LogP contribution in [0.25, 0.3) is 0 Å². The average molecular weight is 854 g/mol. The van der Waals surface area contributed by atoms with E-state index in [4.69, 9.17) is 28.4 Å². The van der Waals surface area contributed by atoms with Crippen LogP contribution in [0.5, 0.6) is 0 Å². The summed E-state index contributed by atoms with van der Waals surface area (Å²) in [6.45, 7) is 1.39. The van der Waals surface area contributed by atoms with E-state index in [1.165, 1.54) is 0 Å². The molecular weight excluding hydrogens is 782 g/mol. The number of unbranched alkanes of at least 4 members (excludes halogenated alkanes) is 8. The molecule has 0 radical (unpaired) electrons. The minimum Gasteiger partial charge on any atom is -0.394 e. The number of allylic oxidation sites excluding steroid dienone is 3. The van der Waals surface area contributed by atoms with E-state index < -0.39 is 124 Å². The summed E-state index contributed by atoms with van der Waals surface area (Å²) in [7, 11) is 0. The topological polar surface area (TPSA) is 307 Å². The third kappa shape index (κ3) is 15.5. The van der Waals surface area contributed by atoms with Gasteiger partial charge in [-0.25, -0.2) is 0 Å². The lowest BCUT2D eigenvalue weighted by atomic mass is 9.96. The van der Waals surface area contributed by atoms with Crippen molar-refractivity contribution in [2.24, 2.45) is 0 Å². The Morgan fingerprint density at radius 1 is 0.593 bits per heavy atom. The SMILES string of the molecule is CCC/C=C\CCCCCCCC(=O)NC(COC1OC(CO)C(OC2OC(CO)C(OC3OC(CO)C(O)C(O)C3O)C(O)C2O)C(O)C1O)C(O)/C=C/CCCC. The Morgan fingerprint density at radius 2 is 1.10 bits per heavy atom.